The zero-order valence-electron chi connectivity index (χ0n) is 28.8. The lowest BCUT2D eigenvalue weighted by Gasteiger charge is -3.58. The minimum Gasteiger partial charge on any atom is -0.0458 e. The highest BCUT2D eigenvalue weighted by atomic mass is 15.6. The fraction of sp³-hybridized carbons (Fsp3) is 1.00. The van der Waals surface area contributed by atoms with Gasteiger partial charge in [-0.05, 0) is 299 Å². The van der Waals surface area contributed by atoms with Gasteiger partial charge in [-0.1, -0.05) is 0 Å². The molecule has 0 aliphatic heterocycles. The lowest BCUT2D eigenvalue weighted by molar-refractivity contribution is -1.13. The highest BCUT2D eigenvalue weighted by molar-refractivity contribution is 6.04. The molecule has 36 rings (SSSR count). The van der Waals surface area contributed by atoms with Crippen LogP contribution >= 0.6 is 0 Å². The maximum atomic E-state index is 1.82. The van der Waals surface area contributed by atoms with E-state index in [1.54, 1.807) is 0 Å². The van der Waals surface area contributed by atoms with E-state index in [2.05, 4.69) is 0 Å². The van der Waals surface area contributed by atoms with Crippen LogP contribution in [0.25, 0.3) is 0 Å². The maximum Gasteiger partial charge on any atom is -0.00502 e. The number of rotatable bonds is 0. The molecule has 44 atom stereocenters. The molecule has 52 heavy (non-hydrogen) atoms. The second-order valence-corrected chi connectivity index (χ2v) is 33.3. The van der Waals surface area contributed by atoms with E-state index in [0.717, 1.165) is 119 Å². The average molecular weight is 659 g/mol. The Morgan fingerprint density at radius 3 is 0.500 bits per heavy atom. The second kappa shape index (κ2) is 2.78. The van der Waals surface area contributed by atoms with Gasteiger partial charge in [0.15, 0.2) is 0 Å². The van der Waals surface area contributed by atoms with Gasteiger partial charge in [0, 0.05) is 0 Å². The van der Waals surface area contributed by atoms with Crippen molar-refractivity contribution in [3.05, 3.63) is 0 Å². The zero-order valence-corrected chi connectivity index (χ0v) is 28.8. The van der Waals surface area contributed by atoms with Gasteiger partial charge in [-0.25, -0.2) is 0 Å². The smallest absolute Gasteiger partial charge is 0.00502 e. The molecule has 0 nitrogen and oxygen atoms in total. The minimum atomic E-state index is 1.10. The summed E-state index contributed by atoms with van der Waals surface area (Å²) in [5.41, 5.74) is 24.6. The molecule has 0 saturated heterocycles. The van der Waals surface area contributed by atoms with Gasteiger partial charge in [0.1, 0.15) is 0 Å². The summed E-state index contributed by atoms with van der Waals surface area (Å²) >= 11 is 0. The molecule has 36 fully saturated rings. The molecule has 0 aromatic heterocycles. The van der Waals surface area contributed by atoms with Crippen LogP contribution in [-0.2, 0) is 0 Å². The molecule has 36 aliphatic carbocycles. The van der Waals surface area contributed by atoms with Crippen molar-refractivity contribution in [2.24, 2.45) is 273 Å². The highest BCUT2D eigenvalue weighted by Gasteiger charge is 3.59. The van der Waals surface area contributed by atoms with E-state index >= 15 is 0 Å². The van der Waals surface area contributed by atoms with Crippen molar-refractivity contribution >= 4 is 0 Å². The average Bonchev–Trinajstić information content (AvgIpc) is 2.99. The molecule has 0 heterocycles. The highest BCUT2D eigenvalue weighted by Crippen LogP contribution is 3.61. The quantitative estimate of drug-likeness (QED) is 0.353. The summed E-state index contributed by atoms with van der Waals surface area (Å²) in [4.78, 5) is 0. The van der Waals surface area contributed by atoms with Crippen LogP contribution in [0.15, 0.2) is 0 Å². The largest absolute Gasteiger partial charge is 0.0458 e. The Labute approximate surface area is 297 Å². The monoisotopic (exact) mass is 658 g/mol. The SMILES string of the molecule is C1C2C3CC4C5C6C7C8C9C%10C%11C%12C%13C%14CC%15C%16CC%17C%18C%19C%20C%21C%22C%23C%24C%25C%26C1C21C34C52C%261C%251C62C72C%241C%231C82C92C%103C%114C%125C%136C%15%14C%16%17C%186C%195C%204C%213C%2212. The maximum absolute atomic E-state index is 1.82. The van der Waals surface area contributed by atoms with Crippen molar-refractivity contribution in [2.75, 3.05) is 0 Å². The zero-order chi connectivity index (χ0) is 28.8. The van der Waals surface area contributed by atoms with E-state index in [4.69, 9.17) is 0 Å². The molecule has 44 unspecified atom stereocenters. The van der Waals surface area contributed by atoms with Crippen molar-refractivity contribution < 1.29 is 0 Å². The first kappa shape index (κ1) is 17.9. The summed E-state index contributed by atoms with van der Waals surface area (Å²) < 4.78 is 0. The van der Waals surface area contributed by atoms with Crippen molar-refractivity contribution in [1.82, 2.24) is 0 Å². The lowest BCUT2D eigenvalue weighted by Crippen LogP contribution is -3.56. The Morgan fingerprint density at radius 1 is 0.154 bits per heavy atom. The van der Waals surface area contributed by atoms with Gasteiger partial charge in [0.2, 0.25) is 0 Å². The molecule has 36 aliphatic rings. The molecule has 0 aromatic rings. The molecule has 0 bridgehead atoms. The first-order valence-electron chi connectivity index (χ1n) is 25.9. The van der Waals surface area contributed by atoms with E-state index in [1.807, 2.05) is 25.7 Å². The molecule has 0 N–H and O–H groups in total. The Kier molecular flexibility index (Phi) is 0.957. The summed E-state index contributed by atoms with van der Waals surface area (Å²) in [5.74, 6) is 36.3. The molecule has 36 saturated carbocycles. The fourth-order valence-electron chi connectivity index (χ4n) is 55.2. The van der Waals surface area contributed by atoms with Gasteiger partial charge in [-0.3, -0.25) is 0 Å². The third kappa shape index (κ3) is 0.413. The van der Waals surface area contributed by atoms with Crippen LogP contribution in [0.5, 0.6) is 0 Å². The van der Waals surface area contributed by atoms with Crippen LogP contribution in [0.2, 0.25) is 0 Å². The summed E-state index contributed by atoms with van der Waals surface area (Å²) in [6, 6.07) is 0. The molecule has 0 amide bonds. The van der Waals surface area contributed by atoms with Gasteiger partial charge in [0.25, 0.3) is 0 Å². The van der Waals surface area contributed by atoms with Crippen molar-refractivity contribution in [3.8, 4) is 0 Å². The van der Waals surface area contributed by atoms with E-state index in [9.17, 15) is 0 Å². The Balaban J connectivity index is 0.742. The van der Waals surface area contributed by atoms with E-state index < -0.39 is 0 Å². The molecule has 0 heteroatoms. The third-order valence-corrected chi connectivity index (χ3v) is 44.1. The summed E-state index contributed by atoms with van der Waals surface area (Å²) in [6.07, 6.45) is 7.26. The predicted octanol–water partition coefficient (Wildman–Crippen LogP) is 4.76. The number of hydrogen-bond acceptors (Lipinski definition) is 0. The lowest BCUT2D eigenvalue weighted by atomic mass is 8.45. The second-order valence-electron chi connectivity index (χ2n) is 33.3. The van der Waals surface area contributed by atoms with E-state index in [-0.39, 0.29) is 0 Å². The molecular formula is C52H34. The van der Waals surface area contributed by atoms with Crippen LogP contribution < -0.4 is 0 Å². The van der Waals surface area contributed by atoms with Gasteiger partial charge >= 0.3 is 0 Å². The van der Waals surface area contributed by atoms with E-state index in [1.165, 1.54) is 154 Å². The molecular weight excluding hydrogens is 625 g/mol. The molecule has 22 spiro atoms. The van der Waals surface area contributed by atoms with Gasteiger partial charge in [-0.15, -0.1) is 0 Å². The topological polar surface area (TPSA) is 0 Å². The normalized spacial score (nSPS) is 137. The van der Waals surface area contributed by atoms with E-state index in [0.29, 0.717) is 0 Å². The summed E-state index contributed by atoms with van der Waals surface area (Å²) in [6.45, 7) is 0. The van der Waals surface area contributed by atoms with Gasteiger partial charge < -0.3 is 0 Å². The van der Waals surface area contributed by atoms with Crippen molar-refractivity contribution in [3.63, 3.8) is 0 Å². The number of hydrogen-bond donors (Lipinski definition) is 0. The third-order valence-electron chi connectivity index (χ3n) is 44.1. The first-order chi connectivity index (χ1) is 25.9. The van der Waals surface area contributed by atoms with Crippen LogP contribution in [-0.4, -0.2) is 0 Å². The van der Waals surface area contributed by atoms with Gasteiger partial charge in [-0.2, -0.15) is 0 Å². The Morgan fingerprint density at radius 2 is 0.308 bits per heavy atom. The molecule has 242 valence electrons. The summed E-state index contributed by atoms with van der Waals surface area (Å²) in [5, 5.41) is 0. The first-order valence-corrected chi connectivity index (χ1v) is 25.9. The van der Waals surface area contributed by atoms with Crippen molar-refractivity contribution in [1.29, 1.82) is 0 Å². The summed E-state index contributed by atoms with van der Waals surface area (Å²) in [7, 11) is 0. The Bertz CT molecular complexity index is 2890. The van der Waals surface area contributed by atoms with Crippen molar-refractivity contribution in [2.45, 2.75) is 25.7 Å². The van der Waals surface area contributed by atoms with Crippen LogP contribution in [0.3, 0.4) is 0 Å². The molecule has 0 radical (unpaired) electrons. The molecule has 0 aromatic carbocycles. The van der Waals surface area contributed by atoms with Crippen LogP contribution in [0, 0.1) is 273 Å². The Hall–Kier alpha value is 0. The van der Waals surface area contributed by atoms with Crippen LogP contribution in [0.1, 0.15) is 25.7 Å². The van der Waals surface area contributed by atoms with Gasteiger partial charge in [0.05, 0.1) is 0 Å². The minimum absolute atomic E-state index is 1.10. The standard InChI is InChI=1S/C52H34/c1-5-6-2-10-14-18-22-27-30-28-24-20-16-12-4-8-7-3-11-15-19-23-26-29-25-21-17-13-9(1)31(5)32(6,10)36(14)35(13,31)39(17)40(18,36)44(22)43(21,39)47(25)48(27,44)52(30)50(28)46(24)42(20)38(16)34(8,12)33(7,11)37(15,38)41(19,42)45(23,46)49(26,50)51(29,47)52/h5-30H,1-4H2. The van der Waals surface area contributed by atoms with Crippen LogP contribution in [0.4, 0.5) is 0 Å². The number of fused-ring (bicyclic) bond motifs is 22. The predicted molar refractivity (Wildman–Crippen MR) is 163 cm³/mol. The fourth-order valence-corrected chi connectivity index (χ4v) is 55.2.